The molecule has 0 spiro atoms. The van der Waals surface area contributed by atoms with E-state index in [-0.39, 0.29) is 10.8 Å². The molecule has 0 radical (unpaired) electrons. The van der Waals surface area contributed by atoms with Crippen molar-refractivity contribution in [3.63, 3.8) is 0 Å². The van der Waals surface area contributed by atoms with Crippen LogP contribution < -0.4 is 9.64 Å². The van der Waals surface area contributed by atoms with Crippen molar-refractivity contribution < 1.29 is 24.1 Å². The summed E-state index contributed by atoms with van der Waals surface area (Å²) in [4.78, 5) is 7.33. The summed E-state index contributed by atoms with van der Waals surface area (Å²) in [6, 6.07) is 48.7. The van der Waals surface area contributed by atoms with E-state index in [0.29, 0.717) is 6.04 Å². The molecule has 8 aromatic rings. The van der Waals surface area contributed by atoms with Gasteiger partial charge in [-0.05, 0) is 17.0 Å². The van der Waals surface area contributed by atoms with Crippen LogP contribution in [0, 0.1) is 24.6 Å². The molecule has 63 heavy (non-hydrogen) atoms. The molecule has 0 amide bonds. The first-order chi connectivity index (χ1) is 30.1. The van der Waals surface area contributed by atoms with Crippen LogP contribution >= 0.6 is 0 Å². The van der Waals surface area contributed by atoms with Crippen LogP contribution in [0.25, 0.3) is 44.7 Å². The second kappa shape index (κ2) is 16.4. The molecule has 1 unspecified atom stereocenters. The van der Waals surface area contributed by atoms with Crippen molar-refractivity contribution in [1.29, 1.82) is 0 Å². The van der Waals surface area contributed by atoms with E-state index in [1.165, 1.54) is 61.3 Å². The molecular weight excluding hydrogens is 952 g/mol. The zero-order valence-electron chi connectivity index (χ0n) is 38.3. The van der Waals surface area contributed by atoms with Gasteiger partial charge in [0.25, 0.3) is 0 Å². The van der Waals surface area contributed by atoms with Crippen LogP contribution in [0.3, 0.4) is 0 Å². The van der Waals surface area contributed by atoms with E-state index in [1.807, 2.05) is 6.20 Å². The molecule has 0 N–H and O–H groups in total. The monoisotopic (exact) mass is 1010 g/mol. The van der Waals surface area contributed by atoms with E-state index in [0.717, 1.165) is 56.4 Å². The van der Waals surface area contributed by atoms with Crippen molar-refractivity contribution in [3.05, 3.63) is 177 Å². The maximum atomic E-state index is 7.01. The number of rotatable bonds is 7. The number of hydrogen-bond acceptors (Lipinski definition) is 3. The maximum absolute atomic E-state index is 7.01. The van der Waals surface area contributed by atoms with Gasteiger partial charge in [0.1, 0.15) is 0 Å². The topological polar surface area (TPSA) is 35.2 Å². The van der Waals surface area contributed by atoms with Gasteiger partial charge in [-0.1, -0.05) is 20.8 Å². The molecule has 0 saturated carbocycles. The van der Waals surface area contributed by atoms with E-state index in [1.54, 1.807) is 0 Å². The average Bonchev–Trinajstić information content (AvgIpc) is 3.56. The van der Waals surface area contributed by atoms with Crippen LogP contribution in [0.15, 0.2) is 140 Å². The van der Waals surface area contributed by atoms with Gasteiger partial charge in [0.05, 0.1) is 0 Å². The minimum atomic E-state index is -0.142. The quantitative estimate of drug-likeness (QED) is 0.160. The Kier molecular flexibility index (Phi) is 11.1. The molecule has 0 aliphatic carbocycles. The minimum absolute atomic E-state index is 0.0227. The van der Waals surface area contributed by atoms with Crippen LogP contribution in [-0.2, 0) is 36.6 Å². The Morgan fingerprint density at radius 2 is 1.19 bits per heavy atom. The summed E-state index contributed by atoms with van der Waals surface area (Å²) in [5.41, 5.74) is 18.1. The predicted molar refractivity (Wildman–Crippen MR) is 259 cm³/mol. The van der Waals surface area contributed by atoms with Crippen molar-refractivity contribution >= 4 is 22.5 Å². The summed E-state index contributed by atoms with van der Waals surface area (Å²) in [6.45, 7) is 22.8. The Hall–Kier alpha value is -5.77. The van der Waals surface area contributed by atoms with Gasteiger partial charge in [-0.3, -0.25) is 0 Å². The standard InChI is InChI=1S/C57H58N4O.Pt/c1-37-25-26-41-27-28-47(35-51(41)61(37)52-33-44(29-30-58-52)56(5,6)7)62-48-32-45(57(8,9)10)31-46(34-48)59-36-60(50-24-18-17-23-49(50)59)55-53(42-19-13-11-14-20-42)39(3)38(2)40(4)54(55)43-21-15-12-16-22-43;/h11-24,27-35,37H,25-26H2,1-10H3;. The second-order valence-electron chi connectivity index (χ2n) is 19.4. The molecule has 2 aromatic heterocycles. The molecule has 6 heteroatoms. The number of benzene rings is 6. The molecule has 322 valence electrons. The van der Waals surface area contributed by atoms with Gasteiger partial charge < -0.3 is 0 Å². The van der Waals surface area contributed by atoms with Crippen molar-refractivity contribution in [2.75, 3.05) is 4.90 Å². The fraction of sp³-hybridized carbons (Fsp3) is 0.263. The first kappa shape index (κ1) is 42.5. The summed E-state index contributed by atoms with van der Waals surface area (Å²) in [7, 11) is 0. The molecule has 1 aliphatic rings. The number of hydrogen-bond donors (Lipinski definition) is 0. The Balaban J connectivity index is 1.24. The Morgan fingerprint density at radius 1 is 0.603 bits per heavy atom. The number of aromatic nitrogens is 3. The Bertz CT molecular complexity index is 3010. The second-order valence-corrected chi connectivity index (χ2v) is 20.4. The first-order valence-electron chi connectivity index (χ1n) is 22.3. The third-order valence-electron chi connectivity index (χ3n) is 13.1. The van der Waals surface area contributed by atoms with Gasteiger partial charge >= 0.3 is 343 Å². The number of anilines is 2. The van der Waals surface area contributed by atoms with Crippen molar-refractivity contribution in [1.82, 2.24) is 14.1 Å². The average molecular weight is 1010 g/mol. The normalized spacial score (nSPS) is 14.3. The van der Waals surface area contributed by atoms with E-state index >= 15 is 0 Å². The molecule has 3 heterocycles. The number of ether oxygens (including phenoxy) is 1. The Labute approximate surface area is 384 Å². The van der Waals surface area contributed by atoms with E-state index in [9.17, 15) is 0 Å². The van der Waals surface area contributed by atoms with E-state index < -0.39 is 0 Å². The van der Waals surface area contributed by atoms with E-state index in [2.05, 4.69) is 236 Å². The number of nitrogens with zero attached hydrogens (tertiary/aromatic N) is 4. The van der Waals surface area contributed by atoms with Crippen LogP contribution in [0.5, 0.6) is 11.5 Å². The summed E-state index contributed by atoms with van der Waals surface area (Å²) >= 11 is 2.56. The van der Waals surface area contributed by atoms with Gasteiger partial charge in [0, 0.05) is 6.20 Å². The van der Waals surface area contributed by atoms with Gasteiger partial charge in [0.2, 0.25) is 0 Å². The molecule has 1 atom stereocenters. The molecule has 5 nitrogen and oxygen atoms in total. The SMILES string of the molecule is Cc1c(C)c(-c2ccccc2)c(-n2[c](=[Pt])n(-c3cc(Oc4ccc5c(c4)N(c4cc(C(C)(C)C)ccn4)C(C)CC5)cc(C(C)(C)C)c3)c3ccccc32)c(-c2ccccc2)c1C. The number of para-hydroxylation sites is 2. The zero-order chi connectivity index (χ0) is 44.4. The summed E-state index contributed by atoms with van der Waals surface area (Å²) in [5.74, 6) is 2.60. The van der Waals surface area contributed by atoms with Gasteiger partial charge in [-0.25, -0.2) is 0 Å². The third-order valence-corrected chi connectivity index (χ3v) is 14.1. The van der Waals surface area contributed by atoms with Crippen molar-refractivity contribution in [3.8, 4) is 45.1 Å². The molecular formula is C57H58N4OPt. The van der Waals surface area contributed by atoms with Crippen LogP contribution in [0.1, 0.15) is 88.3 Å². The zero-order valence-corrected chi connectivity index (χ0v) is 40.6. The van der Waals surface area contributed by atoms with Crippen LogP contribution in [-0.4, -0.2) is 20.2 Å². The predicted octanol–water partition coefficient (Wildman–Crippen LogP) is 15.0. The fourth-order valence-electron chi connectivity index (χ4n) is 9.33. The summed E-state index contributed by atoms with van der Waals surface area (Å²) in [6.07, 6.45) is 4.04. The van der Waals surface area contributed by atoms with Crippen LogP contribution in [0.2, 0.25) is 0 Å². The van der Waals surface area contributed by atoms with Crippen molar-refractivity contribution in [2.24, 2.45) is 0 Å². The summed E-state index contributed by atoms with van der Waals surface area (Å²) in [5, 5.41) is 0. The molecule has 0 bridgehead atoms. The Morgan fingerprint density at radius 3 is 1.79 bits per heavy atom. The first-order valence-corrected chi connectivity index (χ1v) is 23.4. The van der Waals surface area contributed by atoms with Crippen LogP contribution in [0.4, 0.5) is 11.5 Å². The molecule has 0 saturated heterocycles. The fourth-order valence-corrected chi connectivity index (χ4v) is 10.4. The van der Waals surface area contributed by atoms with Gasteiger partial charge in [-0.15, -0.1) is 0 Å². The third kappa shape index (κ3) is 7.84. The molecule has 1 aliphatic heterocycles. The van der Waals surface area contributed by atoms with Crippen molar-refractivity contribution in [2.45, 2.75) is 99.0 Å². The van der Waals surface area contributed by atoms with E-state index in [4.69, 9.17) is 9.72 Å². The van der Waals surface area contributed by atoms with Gasteiger partial charge in [0.15, 0.2) is 0 Å². The summed E-state index contributed by atoms with van der Waals surface area (Å²) < 4.78 is 13.0. The molecule has 9 rings (SSSR count). The number of aryl methyl sites for hydroxylation is 1. The number of pyridine rings is 1. The van der Waals surface area contributed by atoms with Gasteiger partial charge in [-0.2, -0.15) is 0 Å². The molecule has 0 fully saturated rings. The number of imidazole rings is 1. The molecule has 6 aromatic carbocycles. The number of fused-ring (bicyclic) bond motifs is 2.